The van der Waals surface area contributed by atoms with Gasteiger partial charge in [0, 0.05) is 42.8 Å². The normalized spacial score (nSPS) is 14.0. The van der Waals surface area contributed by atoms with Gasteiger partial charge in [-0.15, -0.1) is 0 Å². The predicted molar refractivity (Wildman–Crippen MR) is 127 cm³/mol. The first kappa shape index (κ1) is 20.1. The summed E-state index contributed by atoms with van der Waals surface area (Å²) in [5.41, 5.74) is 3.33. The Morgan fingerprint density at radius 3 is 2.09 bits per heavy atom. The van der Waals surface area contributed by atoms with Gasteiger partial charge in [0.2, 0.25) is 5.76 Å². The Morgan fingerprint density at radius 2 is 1.41 bits per heavy atom. The van der Waals surface area contributed by atoms with E-state index in [-0.39, 0.29) is 11.7 Å². The van der Waals surface area contributed by atoms with E-state index in [9.17, 15) is 9.59 Å². The lowest BCUT2D eigenvalue weighted by Gasteiger charge is -2.36. The Morgan fingerprint density at radius 1 is 0.781 bits per heavy atom. The summed E-state index contributed by atoms with van der Waals surface area (Å²) < 4.78 is 5.67. The monoisotopic (exact) mass is 424 g/mol. The smallest absolute Gasteiger partial charge is 0.344 e. The van der Waals surface area contributed by atoms with Crippen LogP contribution in [0.15, 0.2) is 88.1 Å². The van der Waals surface area contributed by atoms with Crippen LogP contribution in [0.25, 0.3) is 21.9 Å². The molecule has 0 radical (unpaired) electrons. The Kier molecular flexibility index (Phi) is 5.23. The Balaban J connectivity index is 1.52. The van der Waals surface area contributed by atoms with E-state index in [4.69, 9.17) is 4.42 Å². The van der Waals surface area contributed by atoms with Gasteiger partial charge in [-0.2, -0.15) is 0 Å². The maximum Gasteiger partial charge on any atom is 0.344 e. The first-order valence-electron chi connectivity index (χ1n) is 10.8. The Hall–Kier alpha value is -3.86. The van der Waals surface area contributed by atoms with Crippen LogP contribution in [-0.4, -0.2) is 37.0 Å². The summed E-state index contributed by atoms with van der Waals surface area (Å²) in [6.45, 7) is 4.61. The van der Waals surface area contributed by atoms with E-state index in [0.29, 0.717) is 24.0 Å². The fourth-order valence-electron chi connectivity index (χ4n) is 4.31. The maximum atomic E-state index is 13.6. The van der Waals surface area contributed by atoms with Gasteiger partial charge >= 0.3 is 5.63 Å². The zero-order valence-corrected chi connectivity index (χ0v) is 18.0. The first-order chi connectivity index (χ1) is 15.6. The largest absolute Gasteiger partial charge is 0.416 e. The lowest BCUT2D eigenvalue weighted by molar-refractivity contribution is 0.0711. The Bertz CT molecular complexity index is 1320. The third-order valence-corrected chi connectivity index (χ3v) is 6.06. The zero-order valence-electron chi connectivity index (χ0n) is 18.0. The number of fused-ring (bicyclic) bond motifs is 1. The third-order valence-electron chi connectivity index (χ3n) is 6.06. The number of piperazine rings is 1. The molecule has 5 heteroatoms. The summed E-state index contributed by atoms with van der Waals surface area (Å²) in [5, 5.41) is 1.22. The van der Waals surface area contributed by atoms with Crippen LogP contribution in [0.2, 0.25) is 0 Å². The van der Waals surface area contributed by atoms with Crippen molar-refractivity contribution in [3.05, 3.63) is 101 Å². The number of carbonyl (C=O) groups is 1. The van der Waals surface area contributed by atoms with Gasteiger partial charge in [0.1, 0.15) is 0 Å². The zero-order chi connectivity index (χ0) is 22.1. The van der Waals surface area contributed by atoms with Crippen molar-refractivity contribution in [2.45, 2.75) is 6.92 Å². The first-order valence-corrected chi connectivity index (χ1v) is 10.8. The summed E-state index contributed by atoms with van der Waals surface area (Å²) in [4.78, 5) is 30.3. The van der Waals surface area contributed by atoms with Crippen LogP contribution in [0.5, 0.6) is 0 Å². The van der Waals surface area contributed by atoms with Gasteiger partial charge in [0.15, 0.2) is 0 Å². The predicted octanol–water partition coefficient (Wildman–Crippen LogP) is 4.73. The lowest BCUT2D eigenvalue weighted by Crippen LogP contribution is -2.49. The summed E-state index contributed by atoms with van der Waals surface area (Å²) in [6.07, 6.45) is 0. The van der Waals surface area contributed by atoms with Crippen LogP contribution in [0.1, 0.15) is 16.1 Å². The maximum absolute atomic E-state index is 13.6. The van der Waals surface area contributed by atoms with E-state index in [1.807, 2.05) is 67.6 Å². The molecule has 1 aliphatic heterocycles. The van der Waals surface area contributed by atoms with Crippen LogP contribution >= 0.6 is 0 Å². The van der Waals surface area contributed by atoms with Gasteiger partial charge in [-0.1, -0.05) is 66.2 Å². The topological polar surface area (TPSA) is 53.8 Å². The second-order valence-corrected chi connectivity index (χ2v) is 8.12. The molecule has 1 aliphatic rings. The fraction of sp³-hybridized carbons (Fsp3) is 0.185. The molecule has 0 atom stereocenters. The number of benzene rings is 3. The van der Waals surface area contributed by atoms with Crippen LogP contribution in [-0.2, 0) is 0 Å². The molecular formula is C27H24N2O3. The number of carbonyl (C=O) groups excluding carboxylic acids is 1. The Labute approximate surface area is 186 Å². The fourth-order valence-corrected chi connectivity index (χ4v) is 4.31. The minimum atomic E-state index is -0.484. The van der Waals surface area contributed by atoms with Gasteiger partial charge in [0.05, 0.1) is 5.39 Å². The molecule has 1 saturated heterocycles. The van der Waals surface area contributed by atoms with Crippen LogP contribution in [0.4, 0.5) is 5.69 Å². The van der Waals surface area contributed by atoms with Crippen molar-refractivity contribution in [1.29, 1.82) is 0 Å². The summed E-state index contributed by atoms with van der Waals surface area (Å²) in [7, 11) is 0. The van der Waals surface area contributed by atoms with Crippen LogP contribution < -0.4 is 10.5 Å². The lowest BCUT2D eigenvalue weighted by atomic mass is 9.97. The van der Waals surface area contributed by atoms with Crippen LogP contribution in [0.3, 0.4) is 0 Å². The molecule has 32 heavy (non-hydrogen) atoms. The molecule has 0 saturated carbocycles. The molecule has 2 heterocycles. The minimum absolute atomic E-state index is 0.116. The van der Waals surface area contributed by atoms with Crippen molar-refractivity contribution in [2.24, 2.45) is 0 Å². The molecule has 160 valence electrons. The molecule has 0 bridgehead atoms. The second kappa shape index (κ2) is 8.35. The van der Waals surface area contributed by atoms with E-state index < -0.39 is 5.63 Å². The highest BCUT2D eigenvalue weighted by atomic mass is 16.4. The molecular weight excluding hydrogens is 400 g/mol. The third kappa shape index (κ3) is 3.66. The van der Waals surface area contributed by atoms with Gasteiger partial charge in [-0.05, 0) is 30.7 Å². The molecule has 3 aromatic carbocycles. The highest BCUT2D eigenvalue weighted by molar-refractivity contribution is 6.07. The van der Waals surface area contributed by atoms with Gasteiger partial charge in [-0.3, -0.25) is 4.79 Å². The molecule has 5 nitrogen and oxygen atoms in total. The number of rotatable bonds is 3. The SMILES string of the molecule is Cc1ccc(-c2c(C(=O)N3CCN(c4ccccc4)CC3)oc(=O)c3ccccc23)cc1. The van der Waals surface area contributed by atoms with Gasteiger partial charge in [0.25, 0.3) is 5.91 Å². The highest BCUT2D eigenvalue weighted by Crippen LogP contribution is 2.32. The number of nitrogens with zero attached hydrogens (tertiary/aromatic N) is 2. The summed E-state index contributed by atoms with van der Waals surface area (Å²) in [5.74, 6) is -0.123. The van der Waals surface area contributed by atoms with Crippen molar-refractivity contribution in [3.8, 4) is 11.1 Å². The van der Waals surface area contributed by atoms with Crippen molar-refractivity contribution in [2.75, 3.05) is 31.1 Å². The molecule has 4 aromatic rings. The van der Waals surface area contributed by atoms with E-state index in [0.717, 1.165) is 35.3 Å². The molecule has 0 aliphatic carbocycles. The average molecular weight is 425 g/mol. The van der Waals surface area contributed by atoms with Gasteiger partial charge in [-0.25, -0.2) is 4.79 Å². The van der Waals surface area contributed by atoms with Crippen molar-refractivity contribution in [3.63, 3.8) is 0 Å². The van der Waals surface area contributed by atoms with E-state index in [2.05, 4.69) is 17.0 Å². The quantitative estimate of drug-likeness (QED) is 0.477. The summed E-state index contributed by atoms with van der Waals surface area (Å²) in [6, 6.07) is 25.5. The number of hydrogen-bond acceptors (Lipinski definition) is 4. The molecule has 1 amide bonds. The highest BCUT2D eigenvalue weighted by Gasteiger charge is 2.28. The number of anilines is 1. The minimum Gasteiger partial charge on any atom is -0.416 e. The second-order valence-electron chi connectivity index (χ2n) is 8.12. The molecule has 5 rings (SSSR count). The van der Waals surface area contributed by atoms with Crippen molar-refractivity contribution in [1.82, 2.24) is 4.90 Å². The standard InChI is InChI=1S/C27H24N2O3/c1-19-11-13-20(14-12-19)24-22-9-5-6-10-23(22)27(31)32-25(24)26(30)29-17-15-28(16-18-29)21-7-3-2-4-8-21/h2-14H,15-18H2,1H3. The average Bonchev–Trinajstić information content (AvgIpc) is 2.85. The summed E-state index contributed by atoms with van der Waals surface area (Å²) >= 11 is 0. The number of hydrogen-bond donors (Lipinski definition) is 0. The number of aryl methyl sites for hydroxylation is 1. The molecule has 0 spiro atoms. The molecule has 1 aromatic heterocycles. The van der Waals surface area contributed by atoms with E-state index in [1.54, 1.807) is 11.0 Å². The molecule has 1 fully saturated rings. The van der Waals surface area contributed by atoms with Crippen LogP contribution in [0, 0.1) is 6.92 Å². The molecule has 0 unspecified atom stereocenters. The number of amides is 1. The van der Waals surface area contributed by atoms with E-state index >= 15 is 0 Å². The van der Waals surface area contributed by atoms with Gasteiger partial charge < -0.3 is 14.2 Å². The molecule has 0 N–H and O–H groups in total. The van der Waals surface area contributed by atoms with Crippen molar-refractivity contribution < 1.29 is 9.21 Å². The van der Waals surface area contributed by atoms with E-state index in [1.165, 1.54) is 0 Å². The van der Waals surface area contributed by atoms with Crippen molar-refractivity contribution >= 4 is 22.4 Å². The number of para-hydroxylation sites is 1.